The molecule has 154 valence electrons. The van der Waals surface area contributed by atoms with Gasteiger partial charge in [0.2, 0.25) is 15.9 Å². The highest BCUT2D eigenvalue weighted by Crippen LogP contribution is 2.21. The summed E-state index contributed by atoms with van der Waals surface area (Å²) in [5, 5.41) is 2.74. The fourth-order valence-corrected chi connectivity index (χ4v) is 4.56. The molecule has 2 aromatic carbocycles. The van der Waals surface area contributed by atoms with Crippen molar-refractivity contribution >= 4 is 27.5 Å². The Bertz CT molecular complexity index is 1010. The largest absolute Gasteiger partial charge is 0.497 e. The first-order valence-corrected chi connectivity index (χ1v) is 10.6. The van der Waals surface area contributed by atoms with Gasteiger partial charge in [-0.2, -0.15) is 4.31 Å². The predicted octanol–water partition coefficient (Wildman–Crippen LogP) is 1.80. The second kappa shape index (κ2) is 8.62. The third-order valence-corrected chi connectivity index (χ3v) is 6.64. The van der Waals surface area contributed by atoms with Gasteiger partial charge in [-0.25, -0.2) is 8.42 Å². The van der Waals surface area contributed by atoms with E-state index in [9.17, 15) is 18.0 Å². The lowest BCUT2D eigenvalue weighted by molar-refractivity contribution is -0.129. The first kappa shape index (κ1) is 20.8. The molecule has 1 saturated heterocycles. The van der Waals surface area contributed by atoms with Crippen molar-refractivity contribution in [3.05, 3.63) is 54.1 Å². The standard InChI is InChI=1S/C20H23N3O5S/c1-15(24)22-9-11-23(12-10-22)29(26,27)19-8-3-5-16(13-19)20(25)21-17-6-4-7-18(14-17)28-2/h3-8,13-14H,9-12H2,1-2H3,(H,21,25). The van der Waals surface area contributed by atoms with Gasteiger partial charge in [0, 0.05) is 50.4 Å². The zero-order chi connectivity index (χ0) is 21.0. The lowest BCUT2D eigenvalue weighted by Crippen LogP contribution is -2.49. The van der Waals surface area contributed by atoms with E-state index < -0.39 is 15.9 Å². The second-order valence-electron chi connectivity index (χ2n) is 6.62. The Hall–Kier alpha value is -2.91. The van der Waals surface area contributed by atoms with E-state index in [0.29, 0.717) is 24.5 Å². The Morgan fingerprint density at radius 3 is 2.34 bits per heavy atom. The lowest BCUT2D eigenvalue weighted by Gasteiger charge is -2.33. The van der Waals surface area contributed by atoms with Crippen molar-refractivity contribution < 1.29 is 22.7 Å². The summed E-state index contributed by atoms with van der Waals surface area (Å²) in [7, 11) is -2.22. The van der Waals surface area contributed by atoms with Crippen molar-refractivity contribution in [1.29, 1.82) is 0 Å². The number of nitrogens with zero attached hydrogens (tertiary/aromatic N) is 2. The van der Waals surface area contributed by atoms with Gasteiger partial charge in [-0.05, 0) is 30.3 Å². The molecule has 0 aliphatic carbocycles. The van der Waals surface area contributed by atoms with Crippen molar-refractivity contribution in [2.75, 3.05) is 38.6 Å². The van der Waals surface area contributed by atoms with Gasteiger partial charge in [-0.3, -0.25) is 9.59 Å². The van der Waals surface area contributed by atoms with E-state index in [1.807, 2.05) is 0 Å². The number of hydrogen-bond donors (Lipinski definition) is 1. The number of anilines is 1. The topological polar surface area (TPSA) is 96.0 Å². The summed E-state index contributed by atoms with van der Waals surface area (Å²) in [5.74, 6) is 0.110. The number of rotatable bonds is 5. The van der Waals surface area contributed by atoms with Crippen molar-refractivity contribution in [3.8, 4) is 5.75 Å². The van der Waals surface area contributed by atoms with Crippen LogP contribution in [-0.4, -0.2) is 62.7 Å². The molecule has 9 heteroatoms. The summed E-state index contributed by atoms with van der Waals surface area (Å²) < 4.78 is 32.4. The number of amides is 2. The van der Waals surface area contributed by atoms with Gasteiger partial charge in [0.15, 0.2) is 0 Å². The van der Waals surface area contributed by atoms with Crippen LogP contribution in [0.5, 0.6) is 5.75 Å². The third kappa shape index (κ3) is 4.75. The third-order valence-electron chi connectivity index (χ3n) is 4.75. The van der Waals surface area contributed by atoms with Crippen LogP contribution in [0.1, 0.15) is 17.3 Å². The molecule has 2 amide bonds. The van der Waals surface area contributed by atoms with Crippen molar-refractivity contribution in [3.63, 3.8) is 0 Å². The van der Waals surface area contributed by atoms with Gasteiger partial charge in [0.1, 0.15) is 5.75 Å². The van der Waals surface area contributed by atoms with Gasteiger partial charge in [0.05, 0.1) is 12.0 Å². The fourth-order valence-electron chi connectivity index (χ4n) is 3.09. The molecule has 0 saturated carbocycles. The maximum absolute atomic E-state index is 13.0. The van der Waals surface area contributed by atoms with Gasteiger partial charge < -0.3 is 15.0 Å². The van der Waals surface area contributed by atoms with E-state index in [1.54, 1.807) is 41.3 Å². The molecule has 8 nitrogen and oxygen atoms in total. The number of carbonyl (C=O) groups is 2. The van der Waals surface area contributed by atoms with E-state index in [2.05, 4.69) is 5.32 Å². The molecule has 3 rings (SSSR count). The van der Waals surface area contributed by atoms with Crippen molar-refractivity contribution in [2.45, 2.75) is 11.8 Å². The van der Waals surface area contributed by atoms with Crippen molar-refractivity contribution in [2.24, 2.45) is 0 Å². The van der Waals surface area contributed by atoms with Crippen LogP contribution < -0.4 is 10.1 Å². The van der Waals surface area contributed by atoms with Crippen LogP contribution in [0, 0.1) is 0 Å². The maximum Gasteiger partial charge on any atom is 0.255 e. The summed E-state index contributed by atoms with van der Waals surface area (Å²) in [6.07, 6.45) is 0. The molecule has 1 N–H and O–H groups in total. The summed E-state index contributed by atoms with van der Waals surface area (Å²) >= 11 is 0. The number of ether oxygens (including phenoxy) is 1. The van der Waals surface area contributed by atoms with Crippen LogP contribution in [0.3, 0.4) is 0 Å². The molecule has 1 aliphatic heterocycles. The summed E-state index contributed by atoms with van der Waals surface area (Å²) in [6.45, 7) is 2.62. The molecule has 1 heterocycles. The molecule has 1 aliphatic rings. The Kier molecular flexibility index (Phi) is 6.19. The molecule has 1 fully saturated rings. The van der Waals surface area contributed by atoms with Crippen LogP contribution in [0.2, 0.25) is 0 Å². The van der Waals surface area contributed by atoms with E-state index in [4.69, 9.17) is 4.74 Å². The molecule has 0 atom stereocenters. The minimum absolute atomic E-state index is 0.0482. The highest BCUT2D eigenvalue weighted by molar-refractivity contribution is 7.89. The predicted molar refractivity (Wildman–Crippen MR) is 108 cm³/mol. The molecule has 2 aromatic rings. The zero-order valence-electron chi connectivity index (χ0n) is 16.3. The van der Waals surface area contributed by atoms with E-state index in [1.165, 1.54) is 30.5 Å². The Labute approximate surface area is 170 Å². The summed E-state index contributed by atoms with van der Waals surface area (Å²) in [6, 6.07) is 12.8. The van der Waals surface area contributed by atoms with Crippen LogP contribution in [-0.2, 0) is 14.8 Å². The number of piperazine rings is 1. The molecule has 0 aromatic heterocycles. The van der Waals surface area contributed by atoms with Crippen LogP contribution in [0.25, 0.3) is 0 Å². The van der Waals surface area contributed by atoms with E-state index in [-0.39, 0.29) is 29.5 Å². The normalized spacial score (nSPS) is 15.0. The number of methoxy groups -OCH3 is 1. The second-order valence-corrected chi connectivity index (χ2v) is 8.56. The zero-order valence-corrected chi connectivity index (χ0v) is 17.1. The number of carbonyl (C=O) groups excluding carboxylic acids is 2. The first-order valence-electron chi connectivity index (χ1n) is 9.12. The summed E-state index contributed by atoms with van der Waals surface area (Å²) in [5.41, 5.74) is 0.777. The average Bonchev–Trinajstić information content (AvgIpc) is 2.74. The quantitative estimate of drug-likeness (QED) is 0.800. The van der Waals surface area contributed by atoms with Crippen LogP contribution in [0.4, 0.5) is 5.69 Å². The van der Waals surface area contributed by atoms with Crippen LogP contribution in [0.15, 0.2) is 53.4 Å². The molecular formula is C20H23N3O5S. The van der Waals surface area contributed by atoms with Gasteiger partial charge in [-0.1, -0.05) is 12.1 Å². The minimum atomic E-state index is -3.76. The Morgan fingerprint density at radius 1 is 1.00 bits per heavy atom. The highest BCUT2D eigenvalue weighted by Gasteiger charge is 2.29. The smallest absolute Gasteiger partial charge is 0.255 e. The van der Waals surface area contributed by atoms with Gasteiger partial charge in [0.25, 0.3) is 5.91 Å². The molecular weight excluding hydrogens is 394 g/mol. The summed E-state index contributed by atoms with van der Waals surface area (Å²) in [4.78, 5) is 25.7. The highest BCUT2D eigenvalue weighted by atomic mass is 32.2. The van der Waals surface area contributed by atoms with E-state index >= 15 is 0 Å². The Balaban J connectivity index is 1.76. The minimum Gasteiger partial charge on any atom is -0.497 e. The number of benzene rings is 2. The van der Waals surface area contributed by atoms with Gasteiger partial charge >= 0.3 is 0 Å². The Morgan fingerprint density at radius 2 is 1.69 bits per heavy atom. The van der Waals surface area contributed by atoms with Crippen LogP contribution >= 0.6 is 0 Å². The number of hydrogen-bond acceptors (Lipinski definition) is 5. The monoisotopic (exact) mass is 417 g/mol. The SMILES string of the molecule is COc1cccc(NC(=O)c2cccc(S(=O)(=O)N3CCN(C(C)=O)CC3)c2)c1. The fraction of sp³-hybridized carbons (Fsp3) is 0.300. The van der Waals surface area contributed by atoms with Crippen molar-refractivity contribution in [1.82, 2.24) is 9.21 Å². The average molecular weight is 417 g/mol. The first-order chi connectivity index (χ1) is 13.8. The molecule has 0 spiro atoms. The number of nitrogens with one attached hydrogen (secondary N) is 1. The molecule has 0 bridgehead atoms. The van der Waals surface area contributed by atoms with Gasteiger partial charge in [-0.15, -0.1) is 0 Å². The molecule has 0 unspecified atom stereocenters. The molecule has 29 heavy (non-hydrogen) atoms. The lowest BCUT2D eigenvalue weighted by atomic mass is 10.2. The molecule has 0 radical (unpaired) electrons. The number of sulfonamides is 1. The van der Waals surface area contributed by atoms with E-state index in [0.717, 1.165) is 0 Å². The maximum atomic E-state index is 13.0.